The van der Waals surface area contributed by atoms with Crippen molar-refractivity contribution in [2.75, 3.05) is 19.1 Å². The number of fused-ring (bicyclic) bond motifs is 2. The van der Waals surface area contributed by atoms with Gasteiger partial charge in [0.1, 0.15) is 23.4 Å². The summed E-state index contributed by atoms with van der Waals surface area (Å²) in [6.07, 6.45) is 0.362. The zero-order valence-corrected chi connectivity index (χ0v) is 24.4. The molecule has 0 spiro atoms. The zero-order chi connectivity index (χ0) is 29.9. The number of nitriles is 1. The summed E-state index contributed by atoms with van der Waals surface area (Å²) in [5.74, 6) is -0.0950. The SMILES string of the molecule is COc1ccc2cc(C#N)ccc2c1CN1C(=O)[C@@H](NC(=O)[C@H](C)N(C)C(=O)OC(C)(C)C)CCc2ccccc21. The highest BCUT2D eigenvalue weighted by molar-refractivity contribution is 6.02. The maximum absolute atomic E-state index is 14.1. The van der Waals surface area contributed by atoms with Gasteiger partial charge in [-0.15, -0.1) is 0 Å². The molecule has 1 aliphatic rings. The van der Waals surface area contributed by atoms with E-state index in [0.29, 0.717) is 24.2 Å². The third-order valence-electron chi connectivity index (χ3n) is 7.26. The number of para-hydroxylation sites is 1. The van der Waals surface area contributed by atoms with Gasteiger partial charge in [0.05, 0.1) is 25.3 Å². The van der Waals surface area contributed by atoms with E-state index < -0.39 is 29.7 Å². The lowest BCUT2D eigenvalue weighted by atomic mass is 10.0. The summed E-state index contributed by atoms with van der Waals surface area (Å²) >= 11 is 0. The molecule has 0 bridgehead atoms. The van der Waals surface area contributed by atoms with Crippen molar-refractivity contribution >= 4 is 34.4 Å². The van der Waals surface area contributed by atoms with Crippen LogP contribution in [0.3, 0.4) is 0 Å². The molecule has 4 rings (SSSR count). The molecule has 2 atom stereocenters. The van der Waals surface area contributed by atoms with E-state index in [9.17, 15) is 19.6 Å². The molecule has 3 amide bonds. The lowest BCUT2D eigenvalue weighted by Crippen LogP contribution is -2.54. The first-order valence-electron chi connectivity index (χ1n) is 13.6. The molecule has 0 aromatic heterocycles. The lowest BCUT2D eigenvalue weighted by molar-refractivity contribution is -0.130. The second-order valence-electron chi connectivity index (χ2n) is 11.2. The van der Waals surface area contributed by atoms with Gasteiger partial charge in [0, 0.05) is 18.3 Å². The molecule has 41 heavy (non-hydrogen) atoms. The Kier molecular flexibility index (Phi) is 8.52. The predicted octanol–water partition coefficient (Wildman–Crippen LogP) is 4.94. The molecule has 3 aromatic rings. The normalized spacial score (nSPS) is 15.8. The number of rotatable bonds is 6. The summed E-state index contributed by atoms with van der Waals surface area (Å²) in [5.41, 5.74) is 2.38. The van der Waals surface area contributed by atoms with E-state index in [1.807, 2.05) is 48.5 Å². The van der Waals surface area contributed by atoms with E-state index in [1.165, 1.54) is 11.9 Å². The summed E-state index contributed by atoms with van der Waals surface area (Å²) in [6, 6.07) is 17.4. The Balaban J connectivity index is 1.65. The van der Waals surface area contributed by atoms with Crippen molar-refractivity contribution in [2.24, 2.45) is 0 Å². The van der Waals surface area contributed by atoms with Crippen molar-refractivity contribution in [1.82, 2.24) is 10.2 Å². The van der Waals surface area contributed by atoms with E-state index in [0.717, 1.165) is 27.6 Å². The van der Waals surface area contributed by atoms with Gasteiger partial charge in [-0.3, -0.25) is 14.5 Å². The van der Waals surface area contributed by atoms with E-state index in [2.05, 4.69) is 11.4 Å². The molecule has 0 unspecified atom stereocenters. The van der Waals surface area contributed by atoms with Gasteiger partial charge in [0.15, 0.2) is 0 Å². The van der Waals surface area contributed by atoms with Crippen LogP contribution in [0.2, 0.25) is 0 Å². The first-order valence-corrected chi connectivity index (χ1v) is 13.6. The zero-order valence-electron chi connectivity index (χ0n) is 24.4. The number of anilines is 1. The number of methoxy groups -OCH3 is 1. The van der Waals surface area contributed by atoms with Crippen molar-refractivity contribution in [2.45, 2.75) is 64.8 Å². The van der Waals surface area contributed by atoms with Gasteiger partial charge >= 0.3 is 6.09 Å². The average Bonchev–Trinajstić information content (AvgIpc) is 3.07. The van der Waals surface area contributed by atoms with Crippen molar-refractivity contribution in [3.05, 3.63) is 71.3 Å². The number of nitrogens with one attached hydrogen (secondary N) is 1. The number of benzene rings is 3. The molecule has 0 saturated carbocycles. The van der Waals surface area contributed by atoms with Crippen molar-refractivity contribution in [3.8, 4) is 11.8 Å². The number of hydrogen-bond acceptors (Lipinski definition) is 6. The Morgan fingerprint density at radius 2 is 1.90 bits per heavy atom. The van der Waals surface area contributed by atoms with Crippen LogP contribution < -0.4 is 15.0 Å². The van der Waals surface area contributed by atoms with Crippen molar-refractivity contribution < 1.29 is 23.9 Å². The van der Waals surface area contributed by atoms with Crippen LogP contribution in [0.25, 0.3) is 10.8 Å². The number of carbonyl (C=O) groups excluding carboxylic acids is 3. The fraction of sp³-hybridized carbons (Fsp3) is 0.375. The molecule has 1 heterocycles. The molecule has 9 nitrogen and oxygen atoms in total. The van der Waals surface area contributed by atoms with Crippen LogP contribution in [0.15, 0.2) is 54.6 Å². The first kappa shape index (κ1) is 29.4. The van der Waals surface area contributed by atoms with Crippen LogP contribution in [0.1, 0.15) is 50.8 Å². The number of likely N-dealkylation sites (N-methyl/N-ethyl adjacent to an activating group) is 1. The van der Waals surface area contributed by atoms with Crippen molar-refractivity contribution in [1.29, 1.82) is 5.26 Å². The highest BCUT2D eigenvalue weighted by atomic mass is 16.6. The summed E-state index contributed by atoms with van der Waals surface area (Å²) < 4.78 is 11.1. The molecule has 0 aliphatic carbocycles. The summed E-state index contributed by atoms with van der Waals surface area (Å²) in [7, 11) is 3.08. The Labute approximate surface area is 240 Å². The predicted molar refractivity (Wildman–Crippen MR) is 157 cm³/mol. The quantitative estimate of drug-likeness (QED) is 0.460. The second kappa shape index (κ2) is 11.9. The minimum absolute atomic E-state index is 0.196. The van der Waals surface area contributed by atoms with E-state index >= 15 is 0 Å². The minimum Gasteiger partial charge on any atom is -0.496 e. The first-order chi connectivity index (χ1) is 19.4. The fourth-order valence-electron chi connectivity index (χ4n) is 4.93. The van der Waals surface area contributed by atoms with E-state index in [-0.39, 0.29) is 12.5 Å². The molecule has 1 aliphatic heterocycles. The van der Waals surface area contributed by atoms with Crippen LogP contribution in [0.4, 0.5) is 10.5 Å². The molecule has 0 radical (unpaired) electrons. The molecule has 3 aromatic carbocycles. The molecule has 9 heteroatoms. The maximum atomic E-state index is 14.1. The Morgan fingerprint density at radius 1 is 1.17 bits per heavy atom. The van der Waals surface area contributed by atoms with Gasteiger partial charge in [-0.05, 0) is 81.1 Å². The minimum atomic E-state index is -0.857. The Morgan fingerprint density at radius 3 is 2.59 bits per heavy atom. The molecular formula is C32H36N4O5. The third-order valence-corrected chi connectivity index (χ3v) is 7.26. The number of carbonyl (C=O) groups is 3. The van der Waals surface area contributed by atoms with Crippen LogP contribution in [0, 0.1) is 11.3 Å². The van der Waals surface area contributed by atoms with Gasteiger partial charge in [-0.1, -0.05) is 30.3 Å². The molecule has 214 valence electrons. The average molecular weight is 557 g/mol. The van der Waals surface area contributed by atoms with Crippen LogP contribution >= 0.6 is 0 Å². The lowest BCUT2D eigenvalue weighted by Gasteiger charge is -2.30. The van der Waals surface area contributed by atoms with Gasteiger partial charge in [0.2, 0.25) is 11.8 Å². The summed E-state index contributed by atoms with van der Waals surface area (Å²) in [5, 5.41) is 14.0. The highest BCUT2D eigenvalue weighted by Gasteiger charge is 2.35. The van der Waals surface area contributed by atoms with Gasteiger partial charge in [-0.25, -0.2) is 4.79 Å². The molecule has 0 fully saturated rings. The summed E-state index contributed by atoms with van der Waals surface area (Å²) in [6.45, 7) is 7.07. The van der Waals surface area contributed by atoms with Gasteiger partial charge in [-0.2, -0.15) is 5.26 Å². The number of nitrogens with zero attached hydrogens (tertiary/aromatic N) is 3. The van der Waals surface area contributed by atoms with Gasteiger partial charge in [0.25, 0.3) is 0 Å². The van der Waals surface area contributed by atoms with E-state index in [1.54, 1.807) is 45.8 Å². The highest BCUT2D eigenvalue weighted by Crippen LogP contribution is 2.34. The standard InChI is InChI=1S/C32H36N4O5/c1-20(35(5)31(39)41-32(2,3)4)29(37)34-26-15-12-22-9-7-8-10-27(22)36(30(26)38)19-25-24-14-11-21(18-33)17-23(24)13-16-28(25)40-6/h7-11,13-14,16-17,20,26H,12,15,19H2,1-6H3,(H,34,37)/t20-,26-/m0/s1. The summed E-state index contributed by atoms with van der Waals surface area (Å²) in [4.78, 5) is 42.9. The monoisotopic (exact) mass is 556 g/mol. The van der Waals surface area contributed by atoms with E-state index in [4.69, 9.17) is 9.47 Å². The van der Waals surface area contributed by atoms with Crippen LogP contribution in [-0.4, -0.2) is 54.6 Å². The third kappa shape index (κ3) is 6.43. The molecule has 0 saturated heterocycles. The number of aryl methyl sites for hydroxylation is 1. The van der Waals surface area contributed by atoms with Crippen LogP contribution in [0.5, 0.6) is 5.75 Å². The Hall–Kier alpha value is -4.58. The smallest absolute Gasteiger partial charge is 0.410 e. The fourth-order valence-corrected chi connectivity index (χ4v) is 4.93. The number of hydrogen-bond donors (Lipinski definition) is 1. The topological polar surface area (TPSA) is 112 Å². The second-order valence-corrected chi connectivity index (χ2v) is 11.2. The maximum Gasteiger partial charge on any atom is 0.410 e. The molecular weight excluding hydrogens is 520 g/mol. The molecule has 1 N–H and O–H groups in total. The number of amides is 3. The number of ether oxygens (including phenoxy) is 2. The van der Waals surface area contributed by atoms with Crippen molar-refractivity contribution in [3.63, 3.8) is 0 Å². The van der Waals surface area contributed by atoms with Gasteiger partial charge < -0.3 is 19.7 Å². The Bertz CT molecular complexity index is 1520. The largest absolute Gasteiger partial charge is 0.496 e. The van der Waals surface area contributed by atoms with Crippen LogP contribution in [-0.2, 0) is 27.3 Å².